The van der Waals surface area contributed by atoms with Gasteiger partial charge in [0, 0.05) is 43.9 Å². The zero-order valence-electron chi connectivity index (χ0n) is 13.5. The molecule has 116 valence electrons. The van der Waals surface area contributed by atoms with Gasteiger partial charge in [0.05, 0.1) is 6.10 Å². The van der Waals surface area contributed by atoms with Crippen LogP contribution in [0.3, 0.4) is 0 Å². The Balaban J connectivity index is 1.69. The number of rotatable bonds is 4. The molecule has 4 heteroatoms. The summed E-state index contributed by atoms with van der Waals surface area (Å²) < 4.78 is 6.25. The van der Waals surface area contributed by atoms with Gasteiger partial charge in [-0.25, -0.2) is 9.97 Å². The molecule has 1 aromatic rings. The number of fused-ring (bicyclic) bond motifs is 2. The summed E-state index contributed by atoms with van der Waals surface area (Å²) >= 11 is 0. The SMILES string of the molecule is Cc1cnc(N2CC3CCCC(C2)C3OCC(C)C)nc1. The van der Waals surface area contributed by atoms with Crippen LogP contribution in [0.5, 0.6) is 0 Å². The van der Waals surface area contributed by atoms with Crippen molar-refractivity contribution in [2.45, 2.75) is 46.1 Å². The van der Waals surface area contributed by atoms with Gasteiger partial charge < -0.3 is 9.64 Å². The Morgan fingerprint density at radius 2 is 1.81 bits per heavy atom. The molecule has 1 aliphatic carbocycles. The van der Waals surface area contributed by atoms with E-state index in [0.29, 0.717) is 23.9 Å². The van der Waals surface area contributed by atoms with Gasteiger partial charge in [0.15, 0.2) is 0 Å². The lowest BCUT2D eigenvalue weighted by molar-refractivity contribution is -0.0649. The van der Waals surface area contributed by atoms with E-state index in [2.05, 4.69) is 28.7 Å². The minimum atomic E-state index is 0.447. The number of aromatic nitrogens is 2. The second-order valence-electron chi connectivity index (χ2n) is 7.11. The summed E-state index contributed by atoms with van der Waals surface area (Å²) in [6.07, 6.45) is 8.18. The first-order valence-corrected chi connectivity index (χ1v) is 8.28. The molecule has 1 saturated heterocycles. The first kappa shape index (κ1) is 14.8. The van der Waals surface area contributed by atoms with Gasteiger partial charge in [-0.3, -0.25) is 0 Å². The molecule has 0 amide bonds. The summed E-state index contributed by atoms with van der Waals surface area (Å²) in [6, 6.07) is 0. The van der Waals surface area contributed by atoms with Crippen LogP contribution in [0.4, 0.5) is 5.95 Å². The largest absolute Gasteiger partial charge is 0.377 e. The zero-order valence-corrected chi connectivity index (χ0v) is 13.5. The van der Waals surface area contributed by atoms with E-state index in [1.54, 1.807) is 0 Å². The van der Waals surface area contributed by atoms with E-state index in [9.17, 15) is 0 Å². The highest BCUT2D eigenvalue weighted by molar-refractivity contribution is 5.31. The van der Waals surface area contributed by atoms with Crippen molar-refractivity contribution in [2.75, 3.05) is 24.6 Å². The standard InChI is InChI=1S/C17H27N3O/c1-12(2)11-21-16-14-5-4-6-15(16)10-20(9-14)17-18-7-13(3)8-19-17/h7-8,12,14-16H,4-6,9-11H2,1-3H3. The Labute approximate surface area is 127 Å². The normalized spacial score (nSPS) is 29.0. The second-order valence-corrected chi connectivity index (χ2v) is 7.11. The van der Waals surface area contributed by atoms with Crippen molar-refractivity contribution in [1.82, 2.24) is 9.97 Å². The van der Waals surface area contributed by atoms with Crippen LogP contribution in [0.1, 0.15) is 38.7 Å². The number of hydrogen-bond donors (Lipinski definition) is 0. The molecule has 0 radical (unpaired) electrons. The van der Waals surface area contributed by atoms with Crippen molar-refractivity contribution in [1.29, 1.82) is 0 Å². The molecule has 2 atom stereocenters. The average Bonchev–Trinajstić information content (AvgIpc) is 2.45. The molecule has 0 spiro atoms. The van der Waals surface area contributed by atoms with Crippen LogP contribution in [0, 0.1) is 24.7 Å². The molecule has 2 fully saturated rings. The van der Waals surface area contributed by atoms with E-state index in [1.807, 2.05) is 19.3 Å². The van der Waals surface area contributed by atoms with Gasteiger partial charge in [-0.1, -0.05) is 20.3 Å². The van der Waals surface area contributed by atoms with Crippen LogP contribution in [0.25, 0.3) is 0 Å². The lowest BCUT2D eigenvalue weighted by Crippen LogP contribution is -2.53. The molecule has 4 nitrogen and oxygen atoms in total. The summed E-state index contributed by atoms with van der Waals surface area (Å²) in [5.74, 6) is 2.78. The maximum Gasteiger partial charge on any atom is 0.225 e. The van der Waals surface area contributed by atoms with E-state index < -0.39 is 0 Å². The average molecular weight is 289 g/mol. The van der Waals surface area contributed by atoms with E-state index in [4.69, 9.17) is 4.74 Å². The first-order valence-electron chi connectivity index (χ1n) is 8.28. The predicted molar refractivity (Wildman–Crippen MR) is 84.4 cm³/mol. The highest BCUT2D eigenvalue weighted by Crippen LogP contribution is 2.38. The Morgan fingerprint density at radius 1 is 1.19 bits per heavy atom. The number of hydrogen-bond acceptors (Lipinski definition) is 4. The topological polar surface area (TPSA) is 38.2 Å². The minimum absolute atomic E-state index is 0.447. The van der Waals surface area contributed by atoms with Crippen molar-refractivity contribution in [3.63, 3.8) is 0 Å². The quantitative estimate of drug-likeness (QED) is 0.854. The fourth-order valence-corrected chi connectivity index (χ4v) is 3.67. The predicted octanol–water partition coefficient (Wildman–Crippen LogP) is 3.06. The highest BCUT2D eigenvalue weighted by Gasteiger charge is 2.40. The van der Waals surface area contributed by atoms with Gasteiger partial charge in [0.1, 0.15) is 0 Å². The molecule has 2 heterocycles. The van der Waals surface area contributed by atoms with Crippen LogP contribution >= 0.6 is 0 Å². The van der Waals surface area contributed by atoms with E-state index in [-0.39, 0.29) is 0 Å². The summed E-state index contributed by atoms with van der Waals surface area (Å²) in [4.78, 5) is 11.4. The third kappa shape index (κ3) is 3.37. The summed E-state index contributed by atoms with van der Waals surface area (Å²) in [7, 11) is 0. The maximum absolute atomic E-state index is 6.25. The first-order chi connectivity index (χ1) is 10.1. The smallest absolute Gasteiger partial charge is 0.225 e. The molecular weight excluding hydrogens is 262 g/mol. The molecule has 0 aromatic carbocycles. The molecule has 2 aliphatic rings. The van der Waals surface area contributed by atoms with Gasteiger partial charge in [-0.05, 0) is 31.2 Å². The molecule has 2 bridgehead atoms. The summed E-state index contributed by atoms with van der Waals surface area (Å²) in [6.45, 7) is 9.46. The van der Waals surface area contributed by atoms with Crippen LogP contribution in [-0.4, -0.2) is 35.8 Å². The molecule has 1 aliphatic heterocycles. The summed E-state index contributed by atoms with van der Waals surface area (Å²) in [5, 5.41) is 0. The lowest BCUT2D eigenvalue weighted by Gasteiger charge is -2.47. The fraction of sp³-hybridized carbons (Fsp3) is 0.765. The van der Waals surface area contributed by atoms with Gasteiger partial charge in [0.2, 0.25) is 5.95 Å². The Hall–Kier alpha value is -1.16. The maximum atomic E-state index is 6.25. The van der Waals surface area contributed by atoms with Gasteiger partial charge in [-0.2, -0.15) is 0 Å². The number of piperidine rings is 1. The monoisotopic (exact) mass is 289 g/mol. The minimum Gasteiger partial charge on any atom is -0.377 e. The molecule has 0 N–H and O–H groups in total. The van der Waals surface area contributed by atoms with Gasteiger partial charge in [-0.15, -0.1) is 0 Å². The van der Waals surface area contributed by atoms with Crippen molar-refractivity contribution in [3.8, 4) is 0 Å². The number of nitrogens with zero attached hydrogens (tertiary/aromatic N) is 3. The zero-order chi connectivity index (χ0) is 14.8. The van der Waals surface area contributed by atoms with Crippen LogP contribution < -0.4 is 4.90 Å². The fourth-order valence-electron chi connectivity index (χ4n) is 3.67. The van der Waals surface area contributed by atoms with Crippen molar-refractivity contribution < 1.29 is 4.74 Å². The van der Waals surface area contributed by atoms with E-state index >= 15 is 0 Å². The lowest BCUT2D eigenvalue weighted by atomic mass is 9.75. The molecule has 3 rings (SSSR count). The molecule has 21 heavy (non-hydrogen) atoms. The van der Waals surface area contributed by atoms with E-state index in [1.165, 1.54) is 19.3 Å². The number of aryl methyl sites for hydroxylation is 1. The number of ether oxygens (including phenoxy) is 1. The van der Waals surface area contributed by atoms with Crippen molar-refractivity contribution in [2.24, 2.45) is 17.8 Å². The highest BCUT2D eigenvalue weighted by atomic mass is 16.5. The number of anilines is 1. The Kier molecular flexibility index (Phi) is 4.43. The Bertz CT molecular complexity index is 446. The van der Waals surface area contributed by atoms with Gasteiger partial charge in [0.25, 0.3) is 0 Å². The van der Waals surface area contributed by atoms with Crippen molar-refractivity contribution in [3.05, 3.63) is 18.0 Å². The Morgan fingerprint density at radius 3 is 2.38 bits per heavy atom. The third-order valence-corrected chi connectivity index (χ3v) is 4.66. The van der Waals surface area contributed by atoms with Crippen molar-refractivity contribution >= 4 is 5.95 Å². The molecule has 2 unspecified atom stereocenters. The summed E-state index contributed by atoms with van der Waals surface area (Å²) in [5.41, 5.74) is 1.12. The van der Waals surface area contributed by atoms with E-state index in [0.717, 1.165) is 31.2 Å². The van der Waals surface area contributed by atoms with Crippen LogP contribution in [0.2, 0.25) is 0 Å². The van der Waals surface area contributed by atoms with Crippen LogP contribution in [0.15, 0.2) is 12.4 Å². The third-order valence-electron chi connectivity index (χ3n) is 4.66. The van der Waals surface area contributed by atoms with Gasteiger partial charge >= 0.3 is 0 Å². The molecule has 1 aromatic heterocycles. The van der Waals surface area contributed by atoms with Crippen LogP contribution in [-0.2, 0) is 4.74 Å². The molecular formula is C17H27N3O. The molecule has 1 saturated carbocycles. The second kappa shape index (κ2) is 6.30.